The average Bonchev–Trinajstić information content (AvgIpc) is 3.01. The SMILES string of the molecule is O=C(Cn1nc(C(F)F)c(Cl)c1C(F)F)N1CCN(Cc2c(Cl)cccc2Cl)CC1. The Kier molecular flexibility index (Phi) is 7.49. The minimum atomic E-state index is -3.14. The van der Waals surface area contributed by atoms with Gasteiger partial charge in [0.25, 0.3) is 12.9 Å². The predicted molar refractivity (Wildman–Crippen MR) is 105 cm³/mol. The van der Waals surface area contributed by atoms with Gasteiger partial charge in [-0.25, -0.2) is 17.6 Å². The van der Waals surface area contributed by atoms with Crippen LogP contribution in [0.2, 0.25) is 15.1 Å². The molecule has 0 N–H and O–H groups in total. The molecule has 2 aromatic rings. The van der Waals surface area contributed by atoms with Crippen LogP contribution in [0.25, 0.3) is 0 Å². The molecule has 0 bridgehead atoms. The van der Waals surface area contributed by atoms with Gasteiger partial charge in [0.2, 0.25) is 5.91 Å². The minimum absolute atomic E-state index is 0.335. The van der Waals surface area contributed by atoms with Crippen molar-refractivity contribution in [3.8, 4) is 0 Å². The zero-order chi connectivity index (χ0) is 22.0. The summed E-state index contributed by atoms with van der Waals surface area (Å²) in [5.74, 6) is -0.507. The normalized spacial score (nSPS) is 15.4. The van der Waals surface area contributed by atoms with Crippen LogP contribution in [0.5, 0.6) is 0 Å². The second-order valence-corrected chi connectivity index (χ2v) is 7.89. The third kappa shape index (κ3) is 5.01. The van der Waals surface area contributed by atoms with E-state index < -0.39 is 41.7 Å². The van der Waals surface area contributed by atoms with Gasteiger partial charge in [-0.05, 0) is 12.1 Å². The van der Waals surface area contributed by atoms with Crippen LogP contribution in [-0.4, -0.2) is 51.7 Å². The van der Waals surface area contributed by atoms with Crippen LogP contribution >= 0.6 is 34.8 Å². The molecule has 1 aliphatic heterocycles. The Bertz CT molecular complexity index is 897. The molecule has 1 saturated heterocycles. The summed E-state index contributed by atoms with van der Waals surface area (Å²) >= 11 is 18.0. The lowest BCUT2D eigenvalue weighted by Gasteiger charge is -2.35. The number of nitrogens with zero attached hydrogens (tertiary/aromatic N) is 4. The summed E-state index contributed by atoms with van der Waals surface area (Å²) in [6.45, 7) is 1.60. The Morgan fingerprint density at radius 1 is 1.00 bits per heavy atom. The summed E-state index contributed by atoms with van der Waals surface area (Å²) in [7, 11) is 0. The van der Waals surface area contributed by atoms with Crippen LogP contribution in [0.4, 0.5) is 17.6 Å². The highest BCUT2D eigenvalue weighted by molar-refractivity contribution is 6.36. The second-order valence-electron chi connectivity index (χ2n) is 6.70. The average molecular weight is 488 g/mol. The quantitative estimate of drug-likeness (QED) is 0.535. The number of piperazine rings is 1. The zero-order valence-corrected chi connectivity index (χ0v) is 17.7. The van der Waals surface area contributed by atoms with E-state index >= 15 is 0 Å². The summed E-state index contributed by atoms with van der Waals surface area (Å²) in [5, 5.41) is 3.71. The highest BCUT2D eigenvalue weighted by Gasteiger charge is 2.30. The van der Waals surface area contributed by atoms with Crippen LogP contribution in [0.3, 0.4) is 0 Å². The first-order valence-corrected chi connectivity index (χ1v) is 10.1. The van der Waals surface area contributed by atoms with Crippen LogP contribution in [0.15, 0.2) is 18.2 Å². The van der Waals surface area contributed by atoms with Gasteiger partial charge in [0, 0.05) is 48.3 Å². The first-order valence-electron chi connectivity index (χ1n) is 8.94. The maximum absolute atomic E-state index is 13.2. The van der Waals surface area contributed by atoms with Gasteiger partial charge in [0.1, 0.15) is 17.9 Å². The molecular weight excluding hydrogens is 471 g/mol. The van der Waals surface area contributed by atoms with Crippen molar-refractivity contribution in [3.05, 3.63) is 50.2 Å². The van der Waals surface area contributed by atoms with E-state index in [0.29, 0.717) is 47.5 Å². The molecule has 1 amide bonds. The van der Waals surface area contributed by atoms with Crippen molar-refractivity contribution in [3.63, 3.8) is 0 Å². The van der Waals surface area contributed by atoms with Crippen LogP contribution in [0, 0.1) is 0 Å². The monoisotopic (exact) mass is 486 g/mol. The number of benzene rings is 1. The lowest BCUT2D eigenvalue weighted by molar-refractivity contribution is -0.134. The Morgan fingerprint density at radius 3 is 2.13 bits per heavy atom. The lowest BCUT2D eigenvalue weighted by Crippen LogP contribution is -2.49. The number of halogens is 7. The fourth-order valence-electron chi connectivity index (χ4n) is 3.23. The highest BCUT2D eigenvalue weighted by Crippen LogP contribution is 2.34. The molecule has 0 spiro atoms. The van der Waals surface area contributed by atoms with E-state index in [1.165, 1.54) is 4.90 Å². The fourth-order valence-corrected chi connectivity index (χ4v) is 4.05. The van der Waals surface area contributed by atoms with Crippen molar-refractivity contribution in [1.82, 2.24) is 19.6 Å². The second kappa shape index (κ2) is 9.72. The van der Waals surface area contributed by atoms with Crippen LogP contribution < -0.4 is 0 Å². The van der Waals surface area contributed by atoms with Crippen molar-refractivity contribution in [2.45, 2.75) is 25.9 Å². The summed E-state index contributed by atoms with van der Waals surface area (Å²) in [5.41, 5.74) is -1.05. The van der Waals surface area contributed by atoms with Crippen molar-refractivity contribution in [2.75, 3.05) is 26.2 Å². The van der Waals surface area contributed by atoms with Crippen LogP contribution in [-0.2, 0) is 17.9 Å². The Balaban J connectivity index is 1.63. The van der Waals surface area contributed by atoms with E-state index in [0.717, 1.165) is 5.56 Å². The summed E-state index contributed by atoms with van der Waals surface area (Å²) < 4.78 is 52.9. The maximum atomic E-state index is 13.2. The van der Waals surface area contributed by atoms with Gasteiger partial charge in [-0.15, -0.1) is 0 Å². The summed E-state index contributed by atoms with van der Waals surface area (Å²) in [6.07, 6.45) is -6.26. The molecule has 0 atom stereocenters. The van der Waals surface area contributed by atoms with E-state index in [4.69, 9.17) is 34.8 Å². The molecule has 1 aromatic carbocycles. The number of rotatable bonds is 6. The van der Waals surface area contributed by atoms with E-state index in [9.17, 15) is 22.4 Å². The van der Waals surface area contributed by atoms with E-state index in [1.807, 2.05) is 0 Å². The molecule has 5 nitrogen and oxygen atoms in total. The number of hydrogen-bond acceptors (Lipinski definition) is 3. The Morgan fingerprint density at radius 2 is 1.60 bits per heavy atom. The van der Waals surface area contributed by atoms with Gasteiger partial charge in [0.05, 0.1) is 5.02 Å². The molecule has 0 unspecified atom stereocenters. The summed E-state index contributed by atoms with van der Waals surface area (Å²) in [6, 6.07) is 5.23. The first-order chi connectivity index (χ1) is 14.2. The van der Waals surface area contributed by atoms with Crippen LogP contribution in [0.1, 0.15) is 29.8 Å². The molecule has 164 valence electrons. The third-order valence-electron chi connectivity index (χ3n) is 4.82. The van der Waals surface area contributed by atoms with Gasteiger partial charge in [-0.3, -0.25) is 14.4 Å². The van der Waals surface area contributed by atoms with Gasteiger partial charge in [-0.1, -0.05) is 40.9 Å². The molecule has 0 radical (unpaired) electrons. The summed E-state index contributed by atoms with van der Waals surface area (Å²) in [4.78, 5) is 16.1. The molecule has 30 heavy (non-hydrogen) atoms. The van der Waals surface area contributed by atoms with Gasteiger partial charge >= 0.3 is 0 Å². The number of carbonyl (C=O) groups is 1. The molecule has 0 saturated carbocycles. The largest absolute Gasteiger partial charge is 0.339 e. The standard InChI is InChI=1S/C18H17Cl3F4N4O/c19-11-2-1-3-12(20)10(11)8-27-4-6-28(7-5-27)13(30)9-29-16(18(24)25)14(21)15(26-29)17(22)23/h1-3,17-18H,4-9H2. The number of alkyl halides is 4. The Hall–Kier alpha value is -1.55. The van der Waals surface area contributed by atoms with E-state index in [-0.39, 0.29) is 0 Å². The smallest absolute Gasteiger partial charge is 0.283 e. The lowest BCUT2D eigenvalue weighted by atomic mass is 10.2. The fraction of sp³-hybridized carbons (Fsp3) is 0.444. The van der Waals surface area contributed by atoms with Gasteiger partial charge in [0.15, 0.2) is 0 Å². The van der Waals surface area contributed by atoms with Gasteiger partial charge < -0.3 is 4.90 Å². The molecule has 1 fully saturated rings. The third-order valence-corrected chi connectivity index (χ3v) is 5.92. The molecule has 2 heterocycles. The zero-order valence-electron chi connectivity index (χ0n) is 15.5. The molecule has 1 aromatic heterocycles. The minimum Gasteiger partial charge on any atom is -0.339 e. The van der Waals surface area contributed by atoms with E-state index in [1.54, 1.807) is 18.2 Å². The van der Waals surface area contributed by atoms with Crippen molar-refractivity contribution >= 4 is 40.7 Å². The number of carbonyl (C=O) groups excluding carboxylic acids is 1. The molecule has 12 heteroatoms. The molecular formula is C18H17Cl3F4N4O. The van der Waals surface area contributed by atoms with Crippen molar-refractivity contribution < 1.29 is 22.4 Å². The number of amides is 1. The van der Waals surface area contributed by atoms with Crippen molar-refractivity contribution in [2.24, 2.45) is 0 Å². The maximum Gasteiger partial charge on any atom is 0.283 e. The first kappa shape index (κ1) is 23.1. The number of hydrogen-bond donors (Lipinski definition) is 0. The molecule has 0 aliphatic carbocycles. The highest BCUT2D eigenvalue weighted by atomic mass is 35.5. The topological polar surface area (TPSA) is 41.4 Å². The predicted octanol–water partition coefficient (Wildman–Crippen LogP) is 5.06. The molecule has 3 rings (SSSR count). The number of aromatic nitrogens is 2. The van der Waals surface area contributed by atoms with Crippen molar-refractivity contribution in [1.29, 1.82) is 0 Å². The Labute approximate surface area is 185 Å². The van der Waals surface area contributed by atoms with Gasteiger partial charge in [-0.2, -0.15) is 5.10 Å². The molecule has 1 aliphatic rings. The van der Waals surface area contributed by atoms with E-state index in [2.05, 4.69) is 10.00 Å².